The fraction of sp³-hybridized carbons (Fsp3) is 0.100. The molecule has 0 spiro atoms. The molecule has 0 saturated heterocycles. The zero-order valence-corrected chi connectivity index (χ0v) is 7.71. The van der Waals surface area contributed by atoms with E-state index in [9.17, 15) is 8.78 Å². The van der Waals surface area contributed by atoms with Crippen LogP contribution in [-0.2, 0) is 6.54 Å². The van der Waals surface area contributed by atoms with Crippen LogP contribution in [0.4, 0.5) is 8.78 Å². The summed E-state index contributed by atoms with van der Waals surface area (Å²) in [4.78, 5) is 3.90. The minimum absolute atomic E-state index is 0.0680. The molecule has 0 aliphatic rings. The summed E-state index contributed by atoms with van der Waals surface area (Å²) in [5.74, 6) is -0.786. The molecule has 1 heterocycles. The van der Waals surface area contributed by atoms with Crippen LogP contribution in [0.3, 0.4) is 0 Å². The summed E-state index contributed by atoms with van der Waals surface area (Å²) >= 11 is 0. The lowest BCUT2D eigenvalue weighted by Crippen LogP contribution is -1.96. The zero-order valence-electron chi connectivity index (χ0n) is 7.71. The Morgan fingerprint density at radius 3 is 2.80 bits per heavy atom. The van der Waals surface area contributed by atoms with E-state index in [1.807, 2.05) is 0 Å². The first kappa shape index (κ1) is 9.79. The van der Waals surface area contributed by atoms with Crippen molar-refractivity contribution in [3.05, 3.63) is 42.0 Å². The monoisotopic (exact) mass is 210 g/mol. The van der Waals surface area contributed by atoms with Crippen molar-refractivity contribution in [2.24, 2.45) is 5.73 Å². The molecule has 78 valence electrons. The van der Waals surface area contributed by atoms with Gasteiger partial charge in [-0.05, 0) is 18.2 Å². The van der Waals surface area contributed by atoms with Crippen molar-refractivity contribution >= 4 is 0 Å². The molecule has 0 unspecified atom stereocenters. The Bertz CT molecular complexity index is 482. The summed E-state index contributed by atoms with van der Waals surface area (Å²) < 4.78 is 31.1. The van der Waals surface area contributed by atoms with E-state index in [0.717, 1.165) is 18.2 Å². The van der Waals surface area contributed by atoms with Crippen LogP contribution < -0.4 is 5.73 Å². The van der Waals surface area contributed by atoms with E-state index < -0.39 is 11.6 Å². The Labute approximate surface area is 84.5 Å². The number of halogens is 2. The van der Waals surface area contributed by atoms with Gasteiger partial charge in [0.25, 0.3) is 0 Å². The van der Waals surface area contributed by atoms with Crippen molar-refractivity contribution in [2.45, 2.75) is 6.54 Å². The largest absolute Gasteiger partial charge is 0.447 e. The van der Waals surface area contributed by atoms with Crippen molar-refractivity contribution in [3.63, 3.8) is 0 Å². The number of aromatic nitrogens is 1. The Morgan fingerprint density at radius 1 is 1.33 bits per heavy atom. The topological polar surface area (TPSA) is 52.0 Å². The number of rotatable bonds is 2. The Kier molecular flexibility index (Phi) is 2.47. The predicted molar refractivity (Wildman–Crippen MR) is 49.7 cm³/mol. The van der Waals surface area contributed by atoms with E-state index in [1.165, 1.54) is 6.26 Å². The van der Waals surface area contributed by atoms with Crippen molar-refractivity contribution in [1.82, 2.24) is 4.98 Å². The molecule has 0 amide bonds. The molecule has 0 radical (unpaired) electrons. The summed E-state index contributed by atoms with van der Waals surface area (Å²) in [5.41, 5.74) is 5.60. The van der Waals surface area contributed by atoms with Crippen LogP contribution >= 0.6 is 0 Å². The maximum Gasteiger partial charge on any atom is 0.208 e. The Morgan fingerprint density at radius 2 is 2.13 bits per heavy atom. The second-order valence-electron chi connectivity index (χ2n) is 2.95. The van der Waals surface area contributed by atoms with Gasteiger partial charge in [-0.1, -0.05) is 0 Å². The fourth-order valence-electron chi connectivity index (χ4n) is 1.22. The summed E-state index contributed by atoms with van der Waals surface area (Å²) in [6, 6.07) is 3.15. The molecule has 5 heteroatoms. The van der Waals surface area contributed by atoms with Crippen molar-refractivity contribution in [3.8, 4) is 11.3 Å². The molecule has 1 aromatic carbocycles. The number of nitrogens with two attached hydrogens (primary N) is 1. The van der Waals surface area contributed by atoms with Gasteiger partial charge in [0, 0.05) is 5.56 Å². The molecule has 0 bridgehead atoms. The molecule has 0 aliphatic heterocycles. The molecular formula is C10H8F2N2O. The first-order valence-electron chi connectivity index (χ1n) is 4.30. The van der Waals surface area contributed by atoms with E-state index in [0.29, 0.717) is 0 Å². The molecule has 0 aliphatic carbocycles. The highest BCUT2D eigenvalue weighted by Gasteiger charge is 2.10. The molecule has 0 fully saturated rings. The summed E-state index contributed by atoms with van der Waals surface area (Å²) in [7, 11) is 0. The highest BCUT2D eigenvalue weighted by molar-refractivity contribution is 5.58. The maximum atomic E-state index is 13.3. The third-order valence-electron chi connectivity index (χ3n) is 1.93. The van der Waals surface area contributed by atoms with Gasteiger partial charge >= 0.3 is 0 Å². The van der Waals surface area contributed by atoms with Crippen LogP contribution in [0, 0.1) is 11.6 Å². The molecule has 0 atom stereocenters. The van der Waals surface area contributed by atoms with Crippen LogP contribution in [0.2, 0.25) is 0 Å². The van der Waals surface area contributed by atoms with Crippen LogP contribution in [-0.4, -0.2) is 4.98 Å². The standard InChI is InChI=1S/C10H8F2N2O/c11-6-1-2-8(12)7(3-6)9-5-15-10(4-13)14-9/h1-3,5H,4,13H2. The van der Waals surface area contributed by atoms with Gasteiger partial charge < -0.3 is 10.2 Å². The lowest BCUT2D eigenvalue weighted by Gasteiger charge is -1.97. The van der Waals surface area contributed by atoms with Crippen molar-refractivity contribution in [1.29, 1.82) is 0 Å². The normalized spacial score (nSPS) is 10.6. The summed E-state index contributed by atoms with van der Waals surface area (Å²) in [5, 5.41) is 0. The Balaban J connectivity index is 2.48. The zero-order chi connectivity index (χ0) is 10.8. The maximum absolute atomic E-state index is 13.3. The van der Waals surface area contributed by atoms with E-state index in [1.54, 1.807) is 0 Å². The van der Waals surface area contributed by atoms with Gasteiger partial charge in [-0.25, -0.2) is 13.8 Å². The SMILES string of the molecule is NCc1nc(-c2cc(F)ccc2F)co1. The third kappa shape index (κ3) is 1.87. The second kappa shape index (κ2) is 3.78. The third-order valence-corrected chi connectivity index (χ3v) is 1.93. The molecule has 2 aromatic rings. The average molecular weight is 210 g/mol. The first-order chi connectivity index (χ1) is 7.20. The number of oxazole rings is 1. The summed E-state index contributed by atoms with van der Waals surface area (Å²) in [6.45, 7) is 0.122. The van der Waals surface area contributed by atoms with Crippen LogP contribution in [0.15, 0.2) is 28.9 Å². The highest BCUT2D eigenvalue weighted by atomic mass is 19.1. The van der Waals surface area contributed by atoms with Gasteiger partial charge in [0.05, 0.1) is 6.54 Å². The Hall–Kier alpha value is -1.75. The van der Waals surface area contributed by atoms with Gasteiger partial charge in [0.1, 0.15) is 23.6 Å². The fourth-order valence-corrected chi connectivity index (χ4v) is 1.22. The molecule has 3 nitrogen and oxygen atoms in total. The van der Waals surface area contributed by atoms with Gasteiger partial charge in [-0.3, -0.25) is 0 Å². The van der Waals surface area contributed by atoms with E-state index in [2.05, 4.69) is 4.98 Å². The smallest absolute Gasteiger partial charge is 0.208 e. The lowest BCUT2D eigenvalue weighted by molar-refractivity contribution is 0.498. The number of hydrogen-bond acceptors (Lipinski definition) is 3. The molecule has 1 aromatic heterocycles. The molecule has 15 heavy (non-hydrogen) atoms. The van der Waals surface area contributed by atoms with Crippen molar-refractivity contribution in [2.75, 3.05) is 0 Å². The van der Waals surface area contributed by atoms with Gasteiger partial charge in [-0.15, -0.1) is 0 Å². The van der Waals surface area contributed by atoms with Crippen LogP contribution in [0.25, 0.3) is 11.3 Å². The second-order valence-corrected chi connectivity index (χ2v) is 2.95. The quantitative estimate of drug-likeness (QED) is 0.825. The van der Waals surface area contributed by atoms with Crippen molar-refractivity contribution < 1.29 is 13.2 Å². The van der Waals surface area contributed by atoms with E-state index >= 15 is 0 Å². The van der Waals surface area contributed by atoms with Gasteiger partial charge in [0.15, 0.2) is 0 Å². The minimum Gasteiger partial charge on any atom is -0.447 e. The average Bonchev–Trinajstić information content (AvgIpc) is 2.70. The lowest BCUT2D eigenvalue weighted by atomic mass is 10.1. The number of benzene rings is 1. The minimum atomic E-state index is -0.548. The van der Waals surface area contributed by atoms with Crippen LogP contribution in [0.5, 0.6) is 0 Å². The van der Waals surface area contributed by atoms with Gasteiger partial charge in [0.2, 0.25) is 5.89 Å². The first-order valence-corrected chi connectivity index (χ1v) is 4.30. The molecule has 2 rings (SSSR count). The predicted octanol–water partition coefficient (Wildman–Crippen LogP) is 2.08. The van der Waals surface area contributed by atoms with Gasteiger partial charge in [-0.2, -0.15) is 0 Å². The van der Waals surface area contributed by atoms with Crippen LogP contribution in [0.1, 0.15) is 5.89 Å². The summed E-state index contributed by atoms with van der Waals surface area (Å²) in [6.07, 6.45) is 1.25. The van der Waals surface area contributed by atoms with E-state index in [4.69, 9.17) is 10.2 Å². The molecule has 0 saturated carbocycles. The molecular weight excluding hydrogens is 202 g/mol. The number of nitrogens with zero attached hydrogens (tertiary/aromatic N) is 1. The number of hydrogen-bond donors (Lipinski definition) is 1. The highest BCUT2D eigenvalue weighted by Crippen LogP contribution is 2.22. The molecule has 2 N–H and O–H groups in total. The van der Waals surface area contributed by atoms with E-state index in [-0.39, 0.29) is 23.7 Å².